The van der Waals surface area contributed by atoms with Crippen LogP contribution < -0.4 is 15.8 Å². The molecule has 0 heterocycles. The molecular formula is C20H25F3N2O5S. The summed E-state index contributed by atoms with van der Waals surface area (Å²) < 4.78 is 69.0. The molecule has 0 aromatic heterocycles. The van der Waals surface area contributed by atoms with Gasteiger partial charge in [0.15, 0.2) is 0 Å². The van der Waals surface area contributed by atoms with Crippen LogP contribution in [0.1, 0.15) is 23.6 Å². The van der Waals surface area contributed by atoms with Gasteiger partial charge in [-0.15, -0.1) is 0 Å². The summed E-state index contributed by atoms with van der Waals surface area (Å²) in [6, 6.07) is 11.9. The van der Waals surface area contributed by atoms with E-state index in [2.05, 4.69) is 5.32 Å². The molecule has 0 aliphatic rings. The number of primary amides is 1. The van der Waals surface area contributed by atoms with Crippen molar-refractivity contribution in [2.45, 2.75) is 32.2 Å². The van der Waals surface area contributed by atoms with Crippen LogP contribution in [0.5, 0.6) is 5.75 Å². The molecule has 0 saturated carbocycles. The quantitative estimate of drug-likeness (QED) is 0.519. The van der Waals surface area contributed by atoms with Crippen LogP contribution in [-0.4, -0.2) is 37.7 Å². The van der Waals surface area contributed by atoms with E-state index in [9.17, 15) is 26.4 Å². The van der Waals surface area contributed by atoms with E-state index in [1.54, 1.807) is 19.1 Å². The van der Waals surface area contributed by atoms with Gasteiger partial charge in [-0.25, -0.2) is 0 Å². The molecule has 172 valence electrons. The van der Waals surface area contributed by atoms with Crippen LogP contribution in [0.25, 0.3) is 0 Å². The molecule has 31 heavy (non-hydrogen) atoms. The molecule has 4 N–H and O–H groups in total. The molecule has 2 aromatic carbocycles. The smallest absolute Gasteiger partial charge is 0.416 e. The van der Waals surface area contributed by atoms with Crippen LogP contribution in [0.3, 0.4) is 0 Å². The molecule has 2 aromatic rings. The summed E-state index contributed by atoms with van der Waals surface area (Å²) >= 11 is 0. The normalized spacial score (nSPS) is 12.5. The Morgan fingerprint density at radius 3 is 2.03 bits per heavy atom. The second kappa shape index (κ2) is 11.7. The van der Waals surface area contributed by atoms with E-state index in [-0.39, 0.29) is 12.6 Å². The van der Waals surface area contributed by atoms with Crippen molar-refractivity contribution in [3.63, 3.8) is 0 Å². The standard InChI is InChI=1S/C19H21F3N2O2.CH4O3S/c1-13(18(23)25)24-11-10-14-4-8-17(9-5-14)26-12-15-2-6-16(7-3-15)19(20,21)22;1-5(2,3)4/h2-9,13,24H,10-12H2,1H3,(H2,23,25);1H3,(H,2,3,4). The lowest BCUT2D eigenvalue weighted by Crippen LogP contribution is -2.39. The van der Waals surface area contributed by atoms with Gasteiger partial charge in [-0.05, 0) is 55.3 Å². The van der Waals surface area contributed by atoms with Crippen LogP contribution >= 0.6 is 0 Å². The van der Waals surface area contributed by atoms with Gasteiger partial charge in [0, 0.05) is 0 Å². The van der Waals surface area contributed by atoms with Crippen LogP contribution in [0, 0.1) is 0 Å². The van der Waals surface area contributed by atoms with E-state index >= 15 is 0 Å². The maximum atomic E-state index is 12.5. The summed E-state index contributed by atoms with van der Waals surface area (Å²) in [5, 5.41) is 3.02. The van der Waals surface area contributed by atoms with Crippen molar-refractivity contribution in [3.8, 4) is 5.75 Å². The molecule has 0 bridgehead atoms. The highest BCUT2D eigenvalue weighted by Crippen LogP contribution is 2.29. The van der Waals surface area contributed by atoms with Gasteiger partial charge in [-0.3, -0.25) is 9.35 Å². The highest BCUT2D eigenvalue weighted by Gasteiger charge is 2.29. The fourth-order valence-electron chi connectivity index (χ4n) is 2.24. The monoisotopic (exact) mass is 462 g/mol. The first-order valence-corrected chi connectivity index (χ1v) is 10.9. The molecule has 0 aliphatic heterocycles. The lowest BCUT2D eigenvalue weighted by Gasteiger charge is -2.11. The molecule has 1 amide bonds. The van der Waals surface area contributed by atoms with Crippen molar-refractivity contribution in [1.29, 1.82) is 0 Å². The third-order valence-corrected chi connectivity index (χ3v) is 3.90. The van der Waals surface area contributed by atoms with Crippen molar-refractivity contribution in [2.24, 2.45) is 5.73 Å². The van der Waals surface area contributed by atoms with Gasteiger partial charge in [0.25, 0.3) is 10.1 Å². The van der Waals surface area contributed by atoms with Crippen molar-refractivity contribution in [3.05, 3.63) is 65.2 Å². The van der Waals surface area contributed by atoms with Gasteiger partial charge in [0.2, 0.25) is 5.91 Å². The molecule has 11 heteroatoms. The maximum Gasteiger partial charge on any atom is 0.416 e. The Labute approximate surface area is 179 Å². The largest absolute Gasteiger partial charge is 0.489 e. The summed E-state index contributed by atoms with van der Waals surface area (Å²) in [5.74, 6) is 0.240. The van der Waals surface area contributed by atoms with Crippen molar-refractivity contribution < 1.29 is 35.7 Å². The highest BCUT2D eigenvalue weighted by molar-refractivity contribution is 7.85. The zero-order valence-corrected chi connectivity index (χ0v) is 17.8. The first kappa shape index (κ1) is 26.4. The molecule has 0 radical (unpaired) electrons. The van der Waals surface area contributed by atoms with E-state index in [0.717, 1.165) is 24.1 Å². The molecule has 0 fully saturated rings. The molecule has 7 nitrogen and oxygen atoms in total. The zero-order chi connectivity index (χ0) is 23.7. The van der Waals surface area contributed by atoms with E-state index < -0.39 is 27.8 Å². The van der Waals surface area contributed by atoms with Gasteiger partial charge < -0.3 is 15.8 Å². The van der Waals surface area contributed by atoms with E-state index in [4.69, 9.17) is 15.0 Å². The minimum absolute atomic E-state index is 0.190. The van der Waals surface area contributed by atoms with Gasteiger partial charge in [-0.1, -0.05) is 24.3 Å². The number of rotatable bonds is 8. The molecule has 2 rings (SSSR count). The lowest BCUT2D eigenvalue weighted by atomic mass is 10.1. The van der Waals surface area contributed by atoms with Gasteiger partial charge in [0.05, 0.1) is 17.9 Å². The number of carbonyl (C=O) groups excluding carboxylic acids is 1. The predicted octanol–water partition coefficient (Wildman–Crippen LogP) is 2.79. The van der Waals surface area contributed by atoms with Gasteiger partial charge in [0.1, 0.15) is 12.4 Å². The molecule has 1 atom stereocenters. The zero-order valence-electron chi connectivity index (χ0n) is 17.0. The Morgan fingerprint density at radius 1 is 1.10 bits per heavy atom. The van der Waals surface area contributed by atoms with Crippen molar-refractivity contribution in [2.75, 3.05) is 12.8 Å². The number of hydrogen-bond donors (Lipinski definition) is 3. The van der Waals surface area contributed by atoms with Crippen LogP contribution in [-0.2, 0) is 34.1 Å². The SMILES string of the molecule is CC(NCCc1ccc(OCc2ccc(C(F)(F)F)cc2)cc1)C(N)=O.CS(=O)(=O)O. The second-order valence-electron chi connectivity index (χ2n) is 6.69. The third-order valence-electron chi connectivity index (χ3n) is 3.90. The van der Waals surface area contributed by atoms with Crippen molar-refractivity contribution in [1.82, 2.24) is 5.32 Å². The van der Waals surface area contributed by atoms with Crippen molar-refractivity contribution >= 4 is 16.0 Å². The van der Waals surface area contributed by atoms with Gasteiger partial charge >= 0.3 is 6.18 Å². The molecular weight excluding hydrogens is 437 g/mol. The number of ether oxygens (including phenoxy) is 1. The molecule has 0 saturated heterocycles. The Kier molecular flexibility index (Phi) is 9.95. The van der Waals surface area contributed by atoms with Crippen LogP contribution in [0.2, 0.25) is 0 Å². The summed E-state index contributed by atoms with van der Waals surface area (Å²) in [6.45, 7) is 2.52. The number of benzene rings is 2. The fourth-order valence-corrected chi connectivity index (χ4v) is 2.24. The Morgan fingerprint density at radius 2 is 1.58 bits per heavy atom. The molecule has 0 spiro atoms. The lowest BCUT2D eigenvalue weighted by molar-refractivity contribution is -0.137. The average molecular weight is 462 g/mol. The Bertz CT molecular complexity index is 923. The number of nitrogens with two attached hydrogens (primary N) is 1. The third kappa shape index (κ3) is 12.0. The van der Waals surface area contributed by atoms with Crippen LogP contribution in [0.4, 0.5) is 13.2 Å². The van der Waals surface area contributed by atoms with Gasteiger partial charge in [-0.2, -0.15) is 21.6 Å². The second-order valence-corrected chi connectivity index (χ2v) is 8.15. The molecule has 1 unspecified atom stereocenters. The van der Waals surface area contributed by atoms with E-state index in [1.165, 1.54) is 12.1 Å². The minimum atomic E-state index is -4.33. The number of hydrogen-bond acceptors (Lipinski definition) is 5. The Hall–Kier alpha value is -2.63. The highest BCUT2D eigenvalue weighted by atomic mass is 32.2. The Balaban J connectivity index is 0.000000861. The first-order chi connectivity index (χ1) is 14.3. The minimum Gasteiger partial charge on any atom is -0.489 e. The summed E-state index contributed by atoms with van der Waals surface area (Å²) in [4.78, 5) is 10.9. The summed E-state index contributed by atoms with van der Waals surface area (Å²) in [6.07, 6.45) is -2.89. The number of halogens is 3. The number of amides is 1. The number of nitrogens with one attached hydrogen (secondary N) is 1. The number of alkyl halides is 3. The van der Waals surface area contributed by atoms with Crippen LogP contribution in [0.15, 0.2) is 48.5 Å². The fraction of sp³-hybridized carbons (Fsp3) is 0.350. The van der Waals surface area contributed by atoms with E-state index in [1.807, 2.05) is 12.1 Å². The summed E-state index contributed by atoms with van der Waals surface area (Å²) in [7, 11) is -3.67. The first-order valence-electron chi connectivity index (χ1n) is 9.08. The molecule has 0 aliphatic carbocycles. The summed E-state index contributed by atoms with van der Waals surface area (Å²) in [5.41, 5.74) is 6.22. The predicted molar refractivity (Wildman–Crippen MR) is 110 cm³/mol. The topological polar surface area (TPSA) is 119 Å². The average Bonchev–Trinajstić information content (AvgIpc) is 2.65. The number of carbonyl (C=O) groups is 1. The van der Waals surface area contributed by atoms with E-state index in [0.29, 0.717) is 24.1 Å². The maximum absolute atomic E-state index is 12.5.